The summed E-state index contributed by atoms with van der Waals surface area (Å²) in [6, 6.07) is 11.5. The van der Waals surface area contributed by atoms with Gasteiger partial charge < -0.3 is 9.88 Å². The molecule has 1 N–H and O–H groups in total. The van der Waals surface area contributed by atoms with Crippen LogP contribution in [0.1, 0.15) is 46.4 Å². The molecule has 27 heavy (non-hydrogen) atoms. The molecule has 1 aliphatic carbocycles. The minimum Gasteiger partial charge on any atom is -0.338 e. The number of benzene rings is 1. The van der Waals surface area contributed by atoms with Gasteiger partial charge in [0.25, 0.3) is 11.5 Å². The van der Waals surface area contributed by atoms with Crippen LogP contribution in [-0.4, -0.2) is 34.7 Å². The number of piperidine rings is 1. The molecule has 4 rings (SSSR count). The molecule has 2 aromatic rings. The number of pyridine rings is 1. The van der Waals surface area contributed by atoms with E-state index in [1.165, 1.54) is 0 Å². The highest BCUT2D eigenvalue weighted by molar-refractivity contribution is 5.94. The summed E-state index contributed by atoms with van der Waals surface area (Å²) < 4.78 is 0. The second-order valence-corrected chi connectivity index (χ2v) is 7.59. The number of ketones is 1. The molecular weight excluding hydrogens is 340 g/mol. The Morgan fingerprint density at radius 3 is 2.74 bits per heavy atom. The summed E-state index contributed by atoms with van der Waals surface area (Å²) in [6.45, 7) is 1.01. The summed E-state index contributed by atoms with van der Waals surface area (Å²) in [7, 11) is 0. The van der Waals surface area contributed by atoms with Gasteiger partial charge in [0.2, 0.25) is 0 Å². The van der Waals surface area contributed by atoms with Crippen LogP contribution in [0, 0.1) is 5.92 Å². The SMILES string of the molecule is O=C(Cc1ccccc1)C1CCCN(C(=O)c2cc3c([nH]c2=O)CCC3)C1. The molecule has 1 aromatic carbocycles. The number of carbonyl (C=O) groups is 2. The van der Waals surface area contributed by atoms with Crippen molar-refractivity contribution in [3.63, 3.8) is 0 Å². The molecule has 5 heteroatoms. The second-order valence-electron chi connectivity index (χ2n) is 7.59. The number of nitrogens with zero attached hydrogens (tertiary/aromatic N) is 1. The minimum atomic E-state index is -0.307. The number of nitrogens with one attached hydrogen (secondary N) is 1. The van der Waals surface area contributed by atoms with Crippen molar-refractivity contribution in [3.8, 4) is 0 Å². The van der Waals surface area contributed by atoms with E-state index in [9.17, 15) is 14.4 Å². The van der Waals surface area contributed by atoms with Crippen LogP contribution in [0.25, 0.3) is 0 Å². The first-order chi connectivity index (χ1) is 13.1. The zero-order chi connectivity index (χ0) is 18.8. The molecule has 5 nitrogen and oxygen atoms in total. The monoisotopic (exact) mass is 364 g/mol. The number of hydrogen-bond acceptors (Lipinski definition) is 3. The Hall–Kier alpha value is -2.69. The molecule has 140 valence electrons. The van der Waals surface area contributed by atoms with Gasteiger partial charge in [-0.15, -0.1) is 0 Å². The fraction of sp³-hybridized carbons (Fsp3) is 0.409. The minimum absolute atomic E-state index is 0.156. The van der Waals surface area contributed by atoms with Gasteiger partial charge in [-0.3, -0.25) is 14.4 Å². The lowest BCUT2D eigenvalue weighted by Crippen LogP contribution is -2.44. The number of Topliss-reactive ketones (excluding diaryl/α,β-unsaturated/α-hetero) is 1. The smallest absolute Gasteiger partial charge is 0.261 e. The van der Waals surface area contributed by atoms with Gasteiger partial charge in [-0.2, -0.15) is 0 Å². The highest BCUT2D eigenvalue weighted by Crippen LogP contribution is 2.23. The van der Waals surface area contributed by atoms with Gasteiger partial charge in [0.15, 0.2) is 0 Å². The van der Waals surface area contributed by atoms with E-state index in [4.69, 9.17) is 0 Å². The number of rotatable bonds is 4. The molecule has 1 aromatic heterocycles. The van der Waals surface area contributed by atoms with Crippen LogP contribution in [-0.2, 0) is 24.1 Å². The summed E-state index contributed by atoms with van der Waals surface area (Å²) in [5.74, 6) is -0.235. The zero-order valence-electron chi connectivity index (χ0n) is 15.4. The maximum absolute atomic E-state index is 12.9. The second kappa shape index (κ2) is 7.51. The molecule has 0 bridgehead atoms. The molecular formula is C22H24N2O3. The van der Waals surface area contributed by atoms with Gasteiger partial charge in [-0.25, -0.2) is 0 Å². The third kappa shape index (κ3) is 3.72. The summed E-state index contributed by atoms with van der Waals surface area (Å²) in [6.07, 6.45) is 4.79. The Morgan fingerprint density at radius 2 is 1.93 bits per heavy atom. The Balaban J connectivity index is 1.47. The molecule has 1 aliphatic heterocycles. The standard InChI is InChI=1S/C22H24N2O3/c25-20(12-15-6-2-1-3-7-15)17-9-5-11-24(14-17)22(27)18-13-16-8-4-10-19(16)23-21(18)26/h1-3,6-7,13,17H,4-5,8-12,14H2,(H,23,26). The molecule has 2 heterocycles. The fourth-order valence-corrected chi connectivity index (χ4v) is 4.21. The number of aromatic amines is 1. The Bertz CT molecular complexity index is 917. The first kappa shape index (κ1) is 17.7. The van der Waals surface area contributed by atoms with E-state index in [2.05, 4.69) is 4.98 Å². The summed E-state index contributed by atoms with van der Waals surface area (Å²) >= 11 is 0. The number of likely N-dealkylation sites (tertiary alicyclic amines) is 1. The maximum atomic E-state index is 12.9. The summed E-state index contributed by atoms with van der Waals surface area (Å²) in [4.78, 5) is 42.5. The third-order valence-corrected chi connectivity index (χ3v) is 5.70. The Morgan fingerprint density at radius 1 is 1.11 bits per heavy atom. The summed E-state index contributed by atoms with van der Waals surface area (Å²) in [5.41, 5.74) is 2.95. The predicted octanol–water partition coefficient (Wildman–Crippen LogP) is 2.53. The van der Waals surface area contributed by atoms with Gasteiger partial charge in [-0.1, -0.05) is 30.3 Å². The van der Waals surface area contributed by atoms with Crippen molar-refractivity contribution in [1.29, 1.82) is 0 Å². The van der Waals surface area contributed by atoms with Crippen molar-refractivity contribution in [3.05, 3.63) is 69.1 Å². The maximum Gasteiger partial charge on any atom is 0.261 e. The van der Waals surface area contributed by atoms with Crippen molar-refractivity contribution < 1.29 is 9.59 Å². The van der Waals surface area contributed by atoms with Crippen molar-refractivity contribution in [2.75, 3.05) is 13.1 Å². The van der Waals surface area contributed by atoms with E-state index in [0.717, 1.165) is 48.9 Å². The highest BCUT2D eigenvalue weighted by Gasteiger charge is 2.30. The molecule has 1 atom stereocenters. The van der Waals surface area contributed by atoms with Gasteiger partial charge in [0.1, 0.15) is 11.3 Å². The van der Waals surface area contributed by atoms with Crippen molar-refractivity contribution in [2.24, 2.45) is 5.92 Å². The number of H-pyrrole nitrogens is 1. The normalized spacial score (nSPS) is 19.0. The molecule has 1 unspecified atom stereocenters. The van der Waals surface area contributed by atoms with Crippen LogP contribution in [0.5, 0.6) is 0 Å². The lowest BCUT2D eigenvalue weighted by atomic mass is 9.90. The first-order valence-corrected chi connectivity index (χ1v) is 9.73. The van der Waals surface area contributed by atoms with Crippen LogP contribution in [0.3, 0.4) is 0 Å². The van der Waals surface area contributed by atoms with Crippen molar-refractivity contribution in [2.45, 2.75) is 38.5 Å². The van der Waals surface area contributed by atoms with E-state index in [1.54, 1.807) is 11.0 Å². The Labute approximate surface area is 158 Å². The lowest BCUT2D eigenvalue weighted by molar-refractivity contribution is -0.123. The van der Waals surface area contributed by atoms with Crippen molar-refractivity contribution in [1.82, 2.24) is 9.88 Å². The fourth-order valence-electron chi connectivity index (χ4n) is 4.21. The van der Waals surface area contributed by atoms with E-state index in [1.807, 2.05) is 30.3 Å². The van der Waals surface area contributed by atoms with Gasteiger partial charge in [-0.05, 0) is 49.3 Å². The van der Waals surface area contributed by atoms with Crippen LogP contribution in [0.15, 0.2) is 41.2 Å². The molecule has 0 saturated carbocycles. The van der Waals surface area contributed by atoms with E-state index in [-0.39, 0.29) is 28.7 Å². The number of fused-ring (bicyclic) bond motifs is 1. The first-order valence-electron chi connectivity index (χ1n) is 9.73. The average molecular weight is 364 g/mol. The highest BCUT2D eigenvalue weighted by atomic mass is 16.2. The van der Waals surface area contributed by atoms with Gasteiger partial charge >= 0.3 is 0 Å². The lowest BCUT2D eigenvalue weighted by Gasteiger charge is -2.32. The number of hydrogen-bond donors (Lipinski definition) is 1. The van der Waals surface area contributed by atoms with E-state index in [0.29, 0.717) is 19.5 Å². The van der Waals surface area contributed by atoms with Crippen molar-refractivity contribution >= 4 is 11.7 Å². The van der Waals surface area contributed by atoms with Crippen LogP contribution >= 0.6 is 0 Å². The molecule has 0 spiro atoms. The Kier molecular flexibility index (Phi) is 4.92. The van der Waals surface area contributed by atoms with Crippen LogP contribution in [0.4, 0.5) is 0 Å². The zero-order valence-corrected chi connectivity index (χ0v) is 15.4. The molecule has 1 saturated heterocycles. The molecule has 1 fully saturated rings. The number of carbonyl (C=O) groups excluding carboxylic acids is 2. The number of aromatic nitrogens is 1. The molecule has 0 radical (unpaired) electrons. The molecule has 1 amide bonds. The predicted molar refractivity (Wildman–Crippen MR) is 103 cm³/mol. The number of aryl methyl sites for hydroxylation is 2. The summed E-state index contributed by atoms with van der Waals surface area (Å²) in [5, 5.41) is 0. The van der Waals surface area contributed by atoms with Crippen LogP contribution < -0.4 is 5.56 Å². The number of amides is 1. The molecule has 2 aliphatic rings. The third-order valence-electron chi connectivity index (χ3n) is 5.70. The van der Waals surface area contributed by atoms with E-state index >= 15 is 0 Å². The van der Waals surface area contributed by atoms with E-state index < -0.39 is 0 Å². The van der Waals surface area contributed by atoms with Crippen LogP contribution in [0.2, 0.25) is 0 Å². The van der Waals surface area contributed by atoms with Gasteiger partial charge in [0, 0.05) is 31.1 Å². The van der Waals surface area contributed by atoms with Gasteiger partial charge in [0.05, 0.1) is 0 Å². The average Bonchev–Trinajstić information content (AvgIpc) is 3.15. The largest absolute Gasteiger partial charge is 0.338 e. The quantitative estimate of drug-likeness (QED) is 0.906. The topological polar surface area (TPSA) is 70.2 Å².